The van der Waals surface area contributed by atoms with Crippen LogP contribution in [0.25, 0.3) is 0 Å². The van der Waals surface area contributed by atoms with Crippen LogP contribution in [0.3, 0.4) is 0 Å². The third-order valence-corrected chi connectivity index (χ3v) is 3.08. The number of rotatable bonds is 4. The van der Waals surface area contributed by atoms with Crippen LogP contribution in [-0.4, -0.2) is 6.54 Å². The second-order valence-electron chi connectivity index (χ2n) is 4.22. The van der Waals surface area contributed by atoms with Gasteiger partial charge in [-0.05, 0) is 42.3 Å². The molecule has 0 radical (unpaired) electrons. The zero-order valence-corrected chi connectivity index (χ0v) is 11.1. The summed E-state index contributed by atoms with van der Waals surface area (Å²) in [6, 6.07) is 15.2. The van der Waals surface area contributed by atoms with Crippen molar-refractivity contribution in [2.24, 2.45) is 0 Å². The van der Waals surface area contributed by atoms with E-state index in [-0.39, 0.29) is 0 Å². The van der Waals surface area contributed by atoms with Gasteiger partial charge in [-0.25, -0.2) is 0 Å². The van der Waals surface area contributed by atoms with Gasteiger partial charge in [-0.15, -0.1) is 0 Å². The highest BCUT2D eigenvalue weighted by Crippen LogP contribution is 2.17. The van der Waals surface area contributed by atoms with E-state index in [4.69, 9.17) is 22.6 Å². The lowest BCUT2D eigenvalue weighted by atomic mass is 10.1. The van der Waals surface area contributed by atoms with Crippen molar-refractivity contribution in [3.63, 3.8) is 0 Å². The molecule has 0 aliphatic heterocycles. The fourth-order valence-electron chi connectivity index (χ4n) is 1.77. The third-order valence-electron chi connectivity index (χ3n) is 2.83. The molecule has 3 N–H and O–H groups in total. The second kappa shape index (κ2) is 6.12. The van der Waals surface area contributed by atoms with Crippen LogP contribution in [0.2, 0.25) is 5.02 Å². The first-order chi connectivity index (χ1) is 9.19. The number of benzene rings is 2. The Hall–Kier alpha value is -2.18. The third kappa shape index (κ3) is 3.64. The summed E-state index contributed by atoms with van der Waals surface area (Å²) in [5.41, 5.74) is 8.79. The van der Waals surface area contributed by atoms with Gasteiger partial charge in [0.25, 0.3) is 0 Å². The topological polar surface area (TPSA) is 61.8 Å². The van der Waals surface area contributed by atoms with E-state index in [1.165, 1.54) is 5.56 Å². The molecule has 3 nitrogen and oxygen atoms in total. The molecule has 0 amide bonds. The van der Waals surface area contributed by atoms with E-state index in [2.05, 4.69) is 11.4 Å². The number of nitrogens with zero attached hydrogens (tertiary/aromatic N) is 1. The van der Waals surface area contributed by atoms with Crippen molar-refractivity contribution < 1.29 is 0 Å². The second-order valence-corrected chi connectivity index (χ2v) is 4.65. The summed E-state index contributed by atoms with van der Waals surface area (Å²) >= 11 is 5.83. The van der Waals surface area contributed by atoms with E-state index in [9.17, 15) is 0 Å². The van der Waals surface area contributed by atoms with E-state index in [0.29, 0.717) is 11.3 Å². The van der Waals surface area contributed by atoms with Crippen molar-refractivity contribution >= 4 is 23.0 Å². The van der Waals surface area contributed by atoms with Gasteiger partial charge in [0.1, 0.15) is 6.07 Å². The summed E-state index contributed by atoms with van der Waals surface area (Å²) < 4.78 is 0. The number of nitriles is 1. The molecule has 4 heteroatoms. The molecule has 0 heterocycles. The highest BCUT2D eigenvalue weighted by molar-refractivity contribution is 6.30. The Kier molecular flexibility index (Phi) is 4.27. The van der Waals surface area contributed by atoms with Crippen LogP contribution in [-0.2, 0) is 6.42 Å². The summed E-state index contributed by atoms with van der Waals surface area (Å²) in [4.78, 5) is 0. The van der Waals surface area contributed by atoms with E-state index >= 15 is 0 Å². The molecule has 2 rings (SSSR count). The zero-order valence-electron chi connectivity index (χ0n) is 10.4. The lowest BCUT2D eigenvalue weighted by Crippen LogP contribution is -2.05. The molecular formula is C15H14ClN3. The smallest absolute Gasteiger partial charge is 0.101 e. The standard InChI is InChI=1S/C15H14ClN3/c16-13-3-1-11(2-4-13)7-8-19-14-5-6-15(18)12(9-14)10-17/h1-6,9,19H,7-8,18H2. The number of nitrogen functional groups attached to an aromatic ring is 1. The number of nitrogens with one attached hydrogen (secondary N) is 1. The molecule has 0 aromatic heterocycles. The molecule has 0 saturated heterocycles. The van der Waals surface area contributed by atoms with Crippen molar-refractivity contribution in [3.05, 3.63) is 58.6 Å². The summed E-state index contributed by atoms with van der Waals surface area (Å²) in [5, 5.41) is 12.9. The summed E-state index contributed by atoms with van der Waals surface area (Å²) in [5.74, 6) is 0. The Labute approximate surface area is 117 Å². The molecule has 0 atom stereocenters. The van der Waals surface area contributed by atoms with E-state index in [1.807, 2.05) is 30.3 Å². The van der Waals surface area contributed by atoms with Crippen molar-refractivity contribution in [1.82, 2.24) is 0 Å². The molecule has 0 bridgehead atoms. The minimum atomic E-state index is 0.497. The minimum absolute atomic E-state index is 0.497. The molecular weight excluding hydrogens is 258 g/mol. The van der Waals surface area contributed by atoms with Crippen LogP contribution < -0.4 is 11.1 Å². The number of hydrogen-bond acceptors (Lipinski definition) is 3. The first kappa shape index (κ1) is 13.3. The van der Waals surface area contributed by atoms with Crippen LogP contribution in [0, 0.1) is 11.3 Å². The largest absolute Gasteiger partial charge is 0.398 e. The van der Waals surface area contributed by atoms with Gasteiger partial charge in [0.05, 0.1) is 5.56 Å². The first-order valence-corrected chi connectivity index (χ1v) is 6.35. The Balaban J connectivity index is 1.92. The normalized spacial score (nSPS) is 9.89. The van der Waals surface area contributed by atoms with Crippen LogP contribution in [0.4, 0.5) is 11.4 Å². The van der Waals surface area contributed by atoms with E-state index in [1.54, 1.807) is 12.1 Å². The maximum Gasteiger partial charge on any atom is 0.101 e. The SMILES string of the molecule is N#Cc1cc(NCCc2ccc(Cl)cc2)ccc1N. The first-order valence-electron chi connectivity index (χ1n) is 5.97. The highest BCUT2D eigenvalue weighted by atomic mass is 35.5. The lowest BCUT2D eigenvalue weighted by Gasteiger charge is -2.08. The summed E-state index contributed by atoms with van der Waals surface area (Å²) in [6.45, 7) is 0.788. The Bertz CT molecular complexity index is 600. The zero-order chi connectivity index (χ0) is 13.7. The van der Waals surface area contributed by atoms with Crippen LogP contribution >= 0.6 is 11.6 Å². The van der Waals surface area contributed by atoms with Gasteiger partial charge in [-0.2, -0.15) is 5.26 Å². The Morgan fingerprint density at radius 2 is 1.89 bits per heavy atom. The molecule has 0 aliphatic rings. The Morgan fingerprint density at radius 1 is 1.16 bits per heavy atom. The van der Waals surface area contributed by atoms with Gasteiger partial charge in [-0.3, -0.25) is 0 Å². The monoisotopic (exact) mass is 271 g/mol. The summed E-state index contributed by atoms with van der Waals surface area (Å²) in [6.07, 6.45) is 0.892. The molecule has 0 spiro atoms. The number of hydrogen-bond donors (Lipinski definition) is 2. The molecule has 2 aromatic carbocycles. The van der Waals surface area contributed by atoms with Gasteiger partial charge < -0.3 is 11.1 Å². The highest BCUT2D eigenvalue weighted by Gasteiger charge is 2.00. The van der Waals surface area contributed by atoms with Crippen molar-refractivity contribution in [2.45, 2.75) is 6.42 Å². The van der Waals surface area contributed by atoms with Crippen LogP contribution in [0.15, 0.2) is 42.5 Å². The Morgan fingerprint density at radius 3 is 2.58 bits per heavy atom. The molecule has 0 fully saturated rings. The van der Waals surface area contributed by atoms with Gasteiger partial charge in [0.15, 0.2) is 0 Å². The van der Waals surface area contributed by atoms with Crippen molar-refractivity contribution in [2.75, 3.05) is 17.6 Å². The van der Waals surface area contributed by atoms with Crippen LogP contribution in [0.1, 0.15) is 11.1 Å². The molecule has 96 valence electrons. The maximum atomic E-state index is 8.90. The van der Waals surface area contributed by atoms with Gasteiger partial charge in [0, 0.05) is 22.9 Å². The van der Waals surface area contributed by atoms with Crippen LogP contribution in [0.5, 0.6) is 0 Å². The molecule has 0 unspecified atom stereocenters. The molecule has 0 saturated carbocycles. The van der Waals surface area contributed by atoms with E-state index < -0.39 is 0 Å². The van der Waals surface area contributed by atoms with Gasteiger partial charge in [0.2, 0.25) is 0 Å². The van der Waals surface area contributed by atoms with Gasteiger partial charge in [-0.1, -0.05) is 23.7 Å². The van der Waals surface area contributed by atoms with E-state index in [0.717, 1.165) is 23.7 Å². The molecule has 2 aromatic rings. The van der Waals surface area contributed by atoms with Gasteiger partial charge >= 0.3 is 0 Å². The summed E-state index contributed by atoms with van der Waals surface area (Å²) in [7, 11) is 0. The fourth-order valence-corrected chi connectivity index (χ4v) is 1.89. The quantitative estimate of drug-likeness (QED) is 0.837. The van der Waals surface area contributed by atoms with Crippen molar-refractivity contribution in [1.29, 1.82) is 5.26 Å². The minimum Gasteiger partial charge on any atom is -0.398 e. The molecule has 0 aliphatic carbocycles. The average molecular weight is 272 g/mol. The fraction of sp³-hybridized carbons (Fsp3) is 0.133. The number of halogens is 1. The predicted octanol–water partition coefficient (Wildman–Crippen LogP) is 3.45. The predicted molar refractivity (Wildman–Crippen MR) is 79.2 cm³/mol. The molecule has 19 heavy (non-hydrogen) atoms. The maximum absolute atomic E-state index is 8.90. The average Bonchev–Trinajstić information content (AvgIpc) is 2.43. The number of nitrogens with two attached hydrogens (primary N) is 1. The van der Waals surface area contributed by atoms with Crippen molar-refractivity contribution in [3.8, 4) is 6.07 Å². The lowest BCUT2D eigenvalue weighted by molar-refractivity contribution is 1.02. The number of anilines is 2.